The third kappa shape index (κ3) is 5.17. The molecule has 2 aromatic rings. The first-order chi connectivity index (χ1) is 12.5. The summed E-state index contributed by atoms with van der Waals surface area (Å²) < 4.78 is 1.44. The lowest BCUT2D eigenvalue weighted by molar-refractivity contribution is -0.122. The average Bonchev–Trinajstić information content (AvgIpc) is 2.53. The maximum absolute atomic E-state index is 12.7. The highest BCUT2D eigenvalue weighted by molar-refractivity contribution is 6.32. The highest BCUT2D eigenvalue weighted by atomic mass is 35.5. The maximum atomic E-state index is 12.7. The number of hydrogen-bond donors (Lipinski definition) is 1. The van der Waals surface area contributed by atoms with Crippen LogP contribution in [-0.4, -0.2) is 45.6 Å². The molecule has 0 radical (unpaired) electrons. The SMILES string of the molecule is Cc1cc(=O)c(C(=O)N(C)CC(=O)NC(C)(C)C)nn1-c1ccccc1Cl. The fourth-order valence-corrected chi connectivity index (χ4v) is 2.70. The number of carbonyl (C=O) groups excluding carboxylic acids is 2. The summed E-state index contributed by atoms with van der Waals surface area (Å²) in [7, 11) is 1.45. The predicted octanol–water partition coefficient (Wildman–Crippen LogP) is 2.18. The molecule has 1 aromatic heterocycles. The van der Waals surface area contributed by atoms with E-state index < -0.39 is 16.9 Å². The molecular weight excluding hydrogens is 368 g/mol. The van der Waals surface area contributed by atoms with Crippen LogP contribution in [0.2, 0.25) is 5.02 Å². The minimum Gasteiger partial charge on any atom is -0.350 e. The molecule has 144 valence electrons. The highest BCUT2D eigenvalue weighted by Crippen LogP contribution is 2.19. The second-order valence-electron chi connectivity index (χ2n) is 7.32. The molecule has 0 aliphatic heterocycles. The Kier molecular flexibility index (Phi) is 6.05. The fourth-order valence-electron chi connectivity index (χ4n) is 2.49. The van der Waals surface area contributed by atoms with Crippen LogP contribution >= 0.6 is 11.6 Å². The van der Waals surface area contributed by atoms with Crippen LogP contribution in [0.5, 0.6) is 0 Å². The molecule has 7 nitrogen and oxygen atoms in total. The first-order valence-corrected chi connectivity index (χ1v) is 8.80. The minimum atomic E-state index is -0.634. The van der Waals surface area contributed by atoms with Crippen molar-refractivity contribution >= 4 is 23.4 Å². The van der Waals surface area contributed by atoms with Crippen LogP contribution in [0.1, 0.15) is 37.0 Å². The van der Waals surface area contributed by atoms with Gasteiger partial charge in [-0.3, -0.25) is 14.4 Å². The van der Waals surface area contributed by atoms with E-state index >= 15 is 0 Å². The van der Waals surface area contributed by atoms with E-state index in [0.29, 0.717) is 16.4 Å². The average molecular weight is 391 g/mol. The second kappa shape index (κ2) is 7.92. The molecule has 1 aromatic carbocycles. The second-order valence-corrected chi connectivity index (χ2v) is 7.73. The van der Waals surface area contributed by atoms with Gasteiger partial charge in [0, 0.05) is 24.3 Å². The van der Waals surface area contributed by atoms with E-state index in [1.807, 2.05) is 20.8 Å². The fraction of sp³-hybridized carbons (Fsp3) is 0.368. The van der Waals surface area contributed by atoms with Crippen molar-refractivity contribution in [2.75, 3.05) is 13.6 Å². The molecule has 0 bridgehead atoms. The molecule has 0 saturated heterocycles. The van der Waals surface area contributed by atoms with Crippen molar-refractivity contribution in [2.45, 2.75) is 33.2 Å². The van der Waals surface area contributed by atoms with Crippen molar-refractivity contribution in [1.82, 2.24) is 20.0 Å². The van der Waals surface area contributed by atoms with Crippen LogP contribution in [0.25, 0.3) is 5.69 Å². The molecule has 1 N–H and O–H groups in total. The molecule has 0 fully saturated rings. The molecule has 0 atom stereocenters. The smallest absolute Gasteiger partial charge is 0.278 e. The third-order valence-electron chi connectivity index (χ3n) is 3.63. The van der Waals surface area contributed by atoms with E-state index in [1.54, 1.807) is 31.2 Å². The van der Waals surface area contributed by atoms with E-state index in [0.717, 1.165) is 4.90 Å². The molecule has 1 heterocycles. The zero-order valence-electron chi connectivity index (χ0n) is 16.0. The number of benzene rings is 1. The lowest BCUT2D eigenvalue weighted by atomic mass is 10.1. The zero-order chi connectivity index (χ0) is 20.4. The number of amides is 2. The quantitative estimate of drug-likeness (QED) is 0.867. The van der Waals surface area contributed by atoms with Crippen LogP contribution in [0.4, 0.5) is 0 Å². The molecule has 0 spiro atoms. The van der Waals surface area contributed by atoms with Crippen molar-refractivity contribution in [3.8, 4) is 5.69 Å². The Labute approximate surface area is 162 Å². The van der Waals surface area contributed by atoms with Gasteiger partial charge in [-0.05, 0) is 39.8 Å². The third-order valence-corrected chi connectivity index (χ3v) is 3.95. The summed E-state index contributed by atoms with van der Waals surface area (Å²) >= 11 is 6.21. The molecule has 2 rings (SSSR count). The number of carbonyl (C=O) groups is 2. The highest BCUT2D eigenvalue weighted by Gasteiger charge is 2.23. The standard InChI is InChI=1S/C19H23ClN4O3/c1-12-10-15(25)17(22-24(12)14-9-7-6-8-13(14)20)18(27)23(5)11-16(26)21-19(2,3)4/h6-10H,11H2,1-5H3,(H,21,26). The van der Waals surface area contributed by atoms with Crippen LogP contribution in [0.3, 0.4) is 0 Å². The van der Waals surface area contributed by atoms with Crippen molar-refractivity contribution in [3.63, 3.8) is 0 Å². The number of hydrogen-bond acceptors (Lipinski definition) is 4. The number of likely N-dealkylation sites (N-methyl/N-ethyl adjacent to an activating group) is 1. The number of rotatable bonds is 4. The van der Waals surface area contributed by atoms with Crippen LogP contribution in [0, 0.1) is 6.92 Å². The number of aryl methyl sites for hydroxylation is 1. The van der Waals surface area contributed by atoms with E-state index in [2.05, 4.69) is 10.4 Å². The summed E-state index contributed by atoms with van der Waals surface area (Å²) in [6, 6.07) is 8.32. The summed E-state index contributed by atoms with van der Waals surface area (Å²) in [5.74, 6) is -0.957. The lowest BCUT2D eigenvalue weighted by Crippen LogP contribution is -2.47. The summed E-state index contributed by atoms with van der Waals surface area (Å²) in [5.41, 5.74) is -0.105. The molecule has 0 unspecified atom stereocenters. The molecule has 0 aliphatic carbocycles. The van der Waals surface area contributed by atoms with Crippen molar-refractivity contribution in [2.24, 2.45) is 0 Å². The Morgan fingerprint density at radius 3 is 2.48 bits per heavy atom. The maximum Gasteiger partial charge on any atom is 0.278 e. The summed E-state index contributed by atoms with van der Waals surface area (Å²) in [4.78, 5) is 38.2. The largest absolute Gasteiger partial charge is 0.350 e. The first kappa shape index (κ1) is 20.6. The molecular formula is C19H23ClN4O3. The number of para-hydroxylation sites is 1. The minimum absolute atomic E-state index is 0.183. The number of halogens is 1. The van der Waals surface area contributed by atoms with Gasteiger partial charge < -0.3 is 10.2 Å². The summed E-state index contributed by atoms with van der Waals surface area (Å²) in [5, 5.41) is 7.41. The topological polar surface area (TPSA) is 84.3 Å². The Hall–Kier alpha value is -2.67. The predicted molar refractivity (Wildman–Crippen MR) is 104 cm³/mol. The zero-order valence-corrected chi connectivity index (χ0v) is 16.8. The first-order valence-electron chi connectivity index (χ1n) is 8.42. The Balaban J connectivity index is 2.34. The van der Waals surface area contributed by atoms with E-state index in [9.17, 15) is 14.4 Å². The molecule has 8 heteroatoms. The Morgan fingerprint density at radius 1 is 1.26 bits per heavy atom. The lowest BCUT2D eigenvalue weighted by Gasteiger charge is -2.23. The van der Waals surface area contributed by atoms with Crippen LogP contribution in [-0.2, 0) is 4.79 Å². The van der Waals surface area contributed by atoms with E-state index in [4.69, 9.17) is 11.6 Å². The van der Waals surface area contributed by atoms with Gasteiger partial charge in [0.05, 0.1) is 17.3 Å². The molecule has 0 aliphatic rings. The molecule has 27 heavy (non-hydrogen) atoms. The van der Waals surface area contributed by atoms with Gasteiger partial charge in [-0.2, -0.15) is 5.10 Å². The van der Waals surface area contributed by atoms with Gasteiger partial charge in [0.15, 0.2) is 5.69 Å². The van der Waals surface area contributed by atoms with Gasteiger partial charge in [0.1, 0.15) is 0 Å². The Bertz CT molecular complexity index is 931. The van der Waals surface area contributed by atoms with Crippen LogP contribution in [0.15, 0.2) is 35.1 Å². The van der Waals surface area contributed by atoms with E-state index in [-0.39, 0.29) is 18.1 Å². The summed E-state index contributed by atoms with van der Waals surface area (Å²) in [6.07, 6.45) is 0. The number of nitrogens with zero attached hydrogens (tertiary/aromatic N) is 3. The normalized spacial score (nSPS) is 11.2. The van der Waals surface area contributed by atoms with E-state index in [1.165, 1.54) is 17.8 Å². The monoisotopic (exact) mass is 390 g/mol. The van der Waals surface area contributed by atoms with Gasteiger partial charge in [-0.15, -0.1) is 0 Å². The van der Waals surface area contributed by atoms with Crippen LogP contribution < -0.4 is 10.7 Å². The van der Waals surface area contributed by atoms with Crippen molar-refractivity contribution < 1.29 is 9.59 Å². The van der Waals surface area contributed by atoms with Gasteiger partial charge >= 0.3 is 0 Å². The number of nitrogens with one attached hydrogen (secondary N) is 1. The number of aromatic nitrogens is 2. The molecule has 2 amide bonds. The molecule has 0 saturated carbocycles. The van der Waals surface area contributed by atoms with Gasteiger partial charge in [0.2, 0.25) is 11.3 Å². The van der Waals surface area contributed by atoms with Gasteiger partial charge in [-0.1, -0.05) is 23.7 Å². The summed E-state index contributed by atoms with van der Waals surface area (Å²) in [6.45, 7) is 7.05. The van der Waals surface area contributed by atoms with Crippen molar-refractivity contribution in [1.29, 1.82) is 0 Å². The van der Waals surface area contributed by atoms with Gasteiger partial charge in [0.25, 0.3) is 5.91 Å². The Morgan fingerprint density at radius 2 is 1.89 bits per heavy atom. The van der Waals surface area contributed by atoms with Gasteiger partial charge in [-0.25, -0.2) is 4.68 Å². The van der Waals surface area contributed by atoms with Crippen molar-refractivity contribution in [3.05, 3.63) is 57.0 Å².